The van der Waals surface area contributed by atoms with Gasteiger partial charge in [0.1, 0.15) is 5.76 Å². The lowest BCUT2D eigenvalue weighted by molar-refractivity contribution is -0.127. The van der Waals surface area contributed by atoms with E-state index in [0.717, 1.165) is 16.9 Å². The fraction of sp³-hybridized carbons (Fsp3) is 0.368. The first kappa shape index (κ1) is 22.0. The third-order valence-electron chi connectivity index (χ3n) is 3.89. The summed E-state index contributed by atoms with van der Waals surface area (Å²) in [6.07, 6.45) is 1.68. The Balaban J connectivity index is 0.00000338. The number of aliphatic imine (C=N–C) groups is 1. The number of hydrogen-bond acceptors (Lipinski definition) is 3. The van der Waals surface area contributed by atoms with Crippen molar-refractivity contribution in [2.24, 2.45) is 4.99 Å². The number of halogens is 1. The Morgan fingerprint density at radius 3 is 2.42 bits per heavy atom. The molecule has 0 radical (unpaired) electrons. The summed E-state index contributed by atoms with van der Waals surface area (Å²) in [5.74, 6) is 1.57. The fourth-order valence-corrected chi connectivity index (χ4v) is 2.28. The number of nitrogens with one attached hydrogen (secondary N) is 1. The van der Waals surface area contributed by atoms with Crippen LogP contribution >= 0.6 is 24.0 Å². The molecule has 1 heterocycles. The molecule has 0 saturated carbocycles. The van der Waals surface area contributed by atoms with Crippen LogP contribution in [-0.2, 0) is 17.9 Å². The van der Waals surface area contributed by atoms with Crippen LogP contribution in [0.1, 0.15) is 16.9 Å². The van der Waals surface area contributed by atoms with Gasteiger partial charge in [-0.25, -0.2) is 4.99 Å². The quantitative estimate of drug-likeness (QED) is 0.401. The van der Waals surface area contributed by atoms with Crippen LogP contribution in [0.4, 0.5) is 0 Å². The van der Waals surface area contributed by atoms with Gasteiger partial charge in [-0.3, -0.25) is 4.79 Å². The monoisotopic (exact) mass is 470 g/mol. The van der Waals surface area contributed by atoms with E-state index in [0.29, 0.717) is 19.0 Å². The second-order valence-electron chi connectivity index (χ2n) is 6.13. The van der Waals surface area contributed by atoms with Gasteiger partial charge in [0, 0.05) is 33.3 Å². The highest BCUT2D eigenvalue weighted by atomic mass is 127. The minimum absolute atomic E-state index is 0. The zero-order chi connectivity index (χ0) is 18.2. The molecule has 0 spiro atoms. The van der Waals surface area contributed by atoms with Gasteiger partial charge in [-0.2, -0.15) is 0 Å². The van der Waals surface area contributed by atoms with Crippen LogP contribution in [0.15, 0.2) is 52.1 Å². The first-order chi connectivity index (χ1) is 12.0. The van der Waals surface area contributed by atoms with Crippen molar-refractivity contribution in [2.75, 3.05) is 27.7 Å². The number of rotatable bonds is 6. The maximum Gasteiger partial charge on any atom is 0.241 e. The number of furan rings is 1. The summed E-state index contributed by atoms with van der Waals surface area (Å²) in [5.41, 5.74) is 2.21. The molecule has 1 aromatic carbocycles. The number of likely N-dealkylation sites (N-methyl/N-ethyl adjacent to an activating group) is 1. The molecule has 1 amide bonds. The summed E-state index contributed by atoms with van der Waals surface area (Å²) in [4.78, 5) is 20.1. The third-order valence-corrected chi connectivity index (χ3v) is 3.89. The van der Waals surface area contributed by atoms with Gasteiger partial charge in [-0.1, -0.05) is 30.3 Å². The average molecular weight is 470 g/mol. The molecule has 0 bridgehead atoms. The Morgan fingerprint density at radius 2 is 1.85 bits per heavy atom. The van der Waals surface area contributed by atoms with Crippen LogP contribution < -0.4 is 5.32 Å². The average Bonchev–Trinajstić information content (AvgIpc) is 3.00. The second kappa shape index (κ2) is 10.8. The smallest absolute Gasteiger partial charge is 0.241 e. The van der Waals surface area contributed by atoms with E-state index < -0.39 is 0 Å². The Bertz CT molecular complexity index is 713. The molecule has 1 N–H and O–H groups in total. The Labute approximate surface area is 172 Å². The van der Waals surface area contributed by atoms with Crippen LogP contribution in [0.5, 0.6) is 0 Å². The van der Waals surface area contributed by atoms with Gasteiger partial charge in [-0.15, -0.1) is 24.0 Å². The predicted molar refractivity (Wildman–Crippen MR) is 115 cm³/mol. The van der Waals surface area contributed by atoms with E-state index in [9.17, 15) is 4.79 Å². The Morgan fingerprint density at radius 1 is 1.15 bits per heavy atom. The number of carbonyl (C=O) groups is 1. The van der Waals surface area contributed by atoms with Gasteiger partial charge in [-0.05, 0) is 18.6 Å². The van der Waals surface area contributed by atoms with Crippen molar-refractivity contribution in [1.29, 1.82) is 0 Å². The number of benzene rings is 1. The molecule has 0 saturated heterocycles. The summed E-state index contributed by atoms with van der Waals surface area (Å²) in [6, 6.07) is 12.0. The molecule has 7 heteroatoms. The number of amides is 1. The zero-order valence-corrected chi connectivity index (χ0v) is 18.1. The van der Waals surface area contributed by atoms with Crippen molar-refractivity contribution in [3.05, 3.63) is 59.5 Å². The van der Waals surface area contributed by atoms with Crippen LogP contribution in [0.3, 0.4) is 0 Å². The van der Waals surface area contributed by atoms with E-state index in [1.807, 2.05) is 55.3 Å². The maximum absolute atomic E-state index is 11.9. The molecule has 0 unspecified atom stereocenters. The van der Waals surface area contributed by atoms with Crippen LogP contribution in [0.25, 0.3) is 0 Å². The molecule has 2 rings (SSSR count). The maximum atomic E-state index is 11.9. The van der Waals surface area contributed by atoms with Gasteiger partial charge in [0.05, 0.1) is 19.4 Å². The van der Waals surface area contributed by atoms with Crippen LogP contribution in [0, 0.1) is 6.92 Å². The summed E-state index contributed by atoms with van der Waals surface area (Å²) in [6.45, 7) is 3.34. The minimum atomic E-state index is 0. The number of nitrogens with zero attached hydrogens (tertiary/aromatic N) is 3. The first-order valence-electron chi connectivity index (χ1n) is 8.24. The van der Waals surface area contributed by atoms with E-state index >= 15 is 0 Å². The van der Waals surface area contributed by atoms with Crippen LogP contribution in [0.2, 0.25) is 0 Å². The SMILES string of the molecule is Cc1occc1CN(C)C(=NCc1ccccc1)NCC(=O)N(C)C.I. The molecule has 0 aliphatic carbocycles. The molecule has 2 aromatic rings. The molecular weight excluding hydrogens is 443 g/mol. The number of aryl methyl sites for hydroxylation is 1. The lowest BCUT2D eigenvalue weighted by Gasteiger charge is -2.23. The highest BCUT2D eigenvalue weighted by Gasteiger charge is 2.12. The Kier molecular flexibility index (Phi) is 9.18. The van der Waals surface area contributed by atoms with Crippen molar-refractivity contribution in [3.63, 3.8) is 0 Å². The van der Waals surface area contributed by atoms with Crippen molar-refractivity contribution >= 4 is 35.8 Å². The second-order valence-corrected chi connectivity index (χ2v) is 6.13. The van der Waals surface area contributed by atoms with Gasteiger partial charge in [0.25, 0.3) is 0 Å². The van der Waals surface area contributed by atoms with E-state index in [1.165, 1.54) is 0 Å². The van der Waals surface area contributed by atoms with Gasteiger partial charge in [0.2, 0.25) is 5.91 Å². The first-order valence-corrected chi connectivity index (χ1v) is 8.24. The molecule has 0 aliphatic rings. The molecule has 1 aromatic heterocycles. The summed E-state index contributed by atoms with van der Waals surface area (Å²) in [5, 5.41) is 3.16. The largest absolute Gasteiger partial charge is 0.469 e. The van der Waals surface area contributed by atoms with Crippen molar-refractivity contribution in [3.8, 4) is 0 Å². The van der Waals surface area contributed by atoms with Crippen LogP contribution in [-0.4, -0.2) is 49.4 Å². The standard InChI is InChI=1S/C19H26N4O2.HI/c1-15-17(10-11-25-15)14-23(4)19(21-13-18(24)22(2)3)20-12-16-8-6-5-7-9-16;/h5-11H,12-14H2,1-4H3,(H,20,21);1H. The van der Waals surface area contributed by atoms with E-state index in [1.54, 1.807) is 25.3 Å². The number of guanidine groups is 1. The lowest BCUT2D eigenvalue weighted by atomic mass is 10.2. The number of hydrogen-bond donors (Lipinski definition) is 1. The third kappa shape index (κ3) is 6.70. The van der Waals surface area contributed by atoms with Gasteiger partial charge < -0.3 is 19.5 Å². The highest BCUT2D eigenvalue weighted by molar-refractivity contribution is 14.0. The predicted octanol–water partition coefficient (Wildman–Crippen LogP) is 2.87. The molecule has 0 atom stereocenters. The van der Waals surface area contributed by atoms with Crippen molar-refractivity contribution in [1.82, 2.24) is 15.1 Å². The zero-order valence-electron chi connectivity index (χ0n) is 15.7. The topological polar surface area (TPSA) is 61.1 Å². The van der Waals surface area contributed by atoms with Crippen molar-refractivity contribution < 1.29 is 9.21 Å². The fourth-order valence-electron chi connectivity index (χ4n) is 2.28. The molecular formula is C19H27IN4O2. The van der Waals surface area contributed by atoms with E-state index in [2.05, 4.69) is 10.3 Å². The normalized spacial score (nSPS) is 10.8. The Hall–Kier alpha value is -2.03. The van der Waals surface area contributed by atoms with Crippen molar-refractivity contribution in [2.45, 2.75) is 20.0 Å². The highest BCUT2D eigenvalue weighted by Crippen LogP contribution is 2.11. The van der Waals surface area contributed by atoms with E-state index in [-0.39, 0.29) is 36.4 Å². The van der Waals surface area contributed by atoms with Gasteiger partial charge in [0.15, 0.2) is 5.96 Å². The van der Waals surface area contributed by atoms with Gasteiger partial charge >= 0.3 is 0 Å². The molecule has 6 nitrogen and oxygen atoms in total. The molecule has 142 valence electrons. The summed E-state index contributed by atoms with van der Waals surface area (Å²) in [7, 11) is 5.43. The summed E-state index contributed by atoms with van der Waals surface area (Å²) < 4.78 is 5.36. The number of carbonyl (C=O) groups excluding carboxylic acids is 1. The summed E-state index contributed by atoms with van der Waals surface area (Å²) >= 11 is 0. The lowest BCUT2D eigenvalue weighted by Crippen LogP contribution is -2.43. The molecule has 0 fully saturated rings. The van der Waals surface area contributed by atoms with E-state index in [4.69, 9.17) is 4.42 Å². The minimum Gasteiger partial charge on any atom is -0.469 e. The molecule has 26 heavy (non-hydrogen) atoms. The molecule has 0 aliphatic heterocycles.